The van der Waals surface area contributed by atoms with Crippen molar-refractivity contribution in [2.75, 3.05) is 20.1 Å². The maximum absolute atomic E-state index is 13.1. The van der Waals surface area contributed by atoms with E-state index in [0.717, 1.165) is 22.3 Å². The summed E-state index contributed by atoms with van der Waals surface area (Å²) in [5.41, 5.74) is 4.82. The van der Waals surface area contributed by atoms with Gasteiger partial charge in [-0.2, -0.15) is 0 Å². The molecule has 1 aromatic heterocycles. The first-order valence-corrected chi connectivity index (χ1v) is 11.0. The second-order valence-corrected chi connectivity index (χ2v) is 8.66. The van der Waals surface area contributed by atoms with Crippen LogP contribution >= 0.6 is 0 Å². The second-order valence-electron chi connectivity index (χ2n) is 8.66. The molecule has 0 radical (unpaired) electrons. The molecule has 3 aromatic rings. The lowest BCUT2D eigenvalue weighted by Crippen LogP contribution is -2.44. The predicted octanol–water partition coefficient (Wildman–Crippen LogP) is 3.81. The number of nitrogens with zero attached hydrogens (tertiary/aromatic N) is 2. The van der Waals surface area contributed by atoms with Crippen LogP contribution in [0, 0.1) is 12.3 Å². The molecule has 164 valence electrons. The molecule has 2 amide bonds. The van der Waals surface area contributed by atoms with Crippen LogP contribution in [-0.2, 0) is 22.4 Å². The van der Waals surface area contributed by atoms with E-state index in [1.165, 1.54) is 5.56 Å². The molecule has 32 heavy (non-hydrogen) atoms. The van der Waals surface area contributed by atoms with Gasteiger partial charge < -0.3 is 10.2 Å². The highest BCUT2D eigenvalue weighted by Gasteiger charge is 2.45. The highest BCUT2D eigenvalue weighted by atomic mass is 16.2. The molecule has 4 rings (SSSR count). The summed E-state index contributed by atoms with van der Waals surface area (Å²) < 4.78 is 0. The first-order valence-electron chi connectivity index (χ1n) is 11.0. The van der Waals surface area contributed by atoms with Crippen molar-refractivity contribution in [2.45, 2.75) is 26.2 Å². The summed E-state index contributed by atoms with van der Waals surface area (Å²) in [5.74, 6) is 0.0646. The minimum atomic E-state index is -0.638. The van der Waals surface area contributed by atoms with Crippen molar-refractivity contribution in [3.63, 3.8) is 0 Å². The molecule has 0 unspecified atom stereocenters. The first kappa shape index (κ1) is 21.8. The van der Waals surface area contributed by atoms with Crippen molar-refractivity contribution >= 4 is 11.8 Å². The van der Waals surface area contributed by atoms with Crippen LogP contribution in [0.5, 0.6) is 0 Å². The van der Waals surface area contributed by atoms with Crippen LogP contribution in [0.25, 0.3) is 11.1 Å². The van der Waals surface area contributed by atoms with E-state index >= 15 is 0 Å². The van der Waals surface area contributed by atoms with Crippen molar-refractivity contribution in [1.29, 1.82) is 0 Å². The van der Waals surface area contributed by atoms with E-state index in [1.807, 2.05) is 60.4 Å². The smallest absolute Gasteiger partial charge is 0.228 e. The fourth-order valence-electron chi connectivity index (χ4n) is 4.60. The number of amides is 2. The average molecular weight is 428 g/mol. The molecule has 5 nitrogen and oxygen atoms in total. The Labute approximate surface area is 189 Å². The summed E-state index contributed by atoms with van der Waals surface area (Å²) in [6, 6.07) is 20.2. The molecule has 1 atom stereocenters. The molecule has 1 aliphatic heterocycles. The molecule has 1 aliphatic rings. The van der Waals surface area contributed by atoms with Crippen LogP contribution in [0.1, 0.15) is 23.1 Å². The third-order valence-corrected chi connectivity index (χ3v) is 6.43. The number of nitrogens with one attached hydrogen (secondary N) is 1. The Morgan fingerprint density at radius 2 is 1.75 bits per heavy atom. The van der Waals surface area contributed by atoms with Crippen molar-refractivity contribution < 1.29 is 9.59 Å². The largest absolute Gasteiger partial charge is 0.359 e. The zero-order valence-electron chi connectivity index (χ0n) is 18.7. The fourth-order valence-corrected chi connectivity index (χ4v) is 4.60. The van der Waals surface area contributed by atoms with Gasteiger partial charge in [-0.1, -0.05) is 54.1 Å². The number of aryl methyl sites for hydroxylation is 1. The maximum Gasteiger partial charge on any atom is 0.228 e. The zero-order chi connectivity index (χ0) is 22.6. The Morgan fingerprint density at radius 3 is 2.47 bits per heavy atom. The third kappa shape index (κ3) is 4.57. The first-order chi connectivity index (χ1) is 15.5. The number of hydrogen-bond donors (Lipinski definition) is 1. The minimum Gasteiger partial charge on any atom is -0.359 e. The Morgan fingerprint density at radius 1 is 1.03 bits per heavy atom. The van der Waals surface area contributed by atoms with Gasteiger partial charge in [-0.3, -0.25) is 14.6 Å². The van der Waals surface area contributed by atoms with Crippen LogP contribution in [0.3, 0.4) is 0 Å². The number of benzene rings is 2. The summed E-state index contributed by atoms with van der Waals surface area (Å²) in [5, 5.41) is 2.86. The van der Waals surface area contributed by atoms with E-state index in [4.69, 9.17) is 0 Å². The number of hydrogen-bond acceptors (Lipinski definition) is 3. The average Bonchev–Trinajstić information content (AvgIpc) is 3.26. The zero-order valence-corrected chi connectivity index (χ0v) is 18.7. The quantitative estimate of drug-likeness (QED) is 0.651. The molecule has 2 heterocycles. The van der Waals surface area contributed by atoms with Crippen LogP contribution in [0.4, 0.5) is 0 Å². The monoisotopic (exact) mass is 427 g/mol. The van der Waals surface area contributed by atoms with Crippen molar-refractivity contribution in [1.82, 2.24) is 15.2 Å². The van der Waals surface area contributed by atoms with Gasteiger partial charge in [0, 0.05) is 32.5 Å². The normalized spacial score (nSPS) is 17.9. The molecule has 0 bridgehead atoms. The predicted molar refractivity (Wildman–Crippen MR) is 126 cm³/mol. The number of likely N-dealkylation sites (tertiary alicyclic amines) is 1. The highest BCUT2D eigenvalue weighted by Crippen LogP contribution is 2.37. The number of aromatic nitrogens is 1. The van der Waals surface area contributed by atoms with Crippen LogP contribution in [0.15, 0.2) is 73.1 Å². The summed E-state index contributed by atoms with van der Waals surface area (Å²) in [6.07, 6.45) is 5.15. The molecular weight excluding hydrogens is 398 g/mol. The lowest BCUT2D eigenvalue weighted by molar-refractivity contribution is -0.132. The lowest BCUT2D eigenvalue weighted by atomic mass is 9.78. The minimum absolute atomic E-state index is 0.00679. The van der Waals surface area contributed by atoms with Crippen molar-refractivity contribution in [3.05, 3.63) is 89.7 Å². The van der Waals surface area contributed by atoms with E-state index in [0.29, 0.717) is 32.4 Å². The molecule has 2 aromatic carbocycles. The Bertz CT molecular complexity index is 1100. The summed E-state index contributed by atoms with van der Waals surface area (Å²) >= 11 is 0. The maximum atomic E-state index is 13.1. The standard InChI is InChI=1S/C27H29N3O2/c1-20-7-9-21(10-8-20)17-25(31)30-16-13-27(19-30,26(32)28-2)18-23-5-3-4-6-24(23)22-11-14-29-15-12-22/h3-12,14-15H,13,16-19H2,1-2H3,(H,28,32)/t27-/m0/s1. The van der Waals surface area contributed by atoms with E-state index in [-0.39, 0.29) is 11.8 Å². The van der Waals surface area contributed by atoms with Crippen LogP contribution in [0.2, 0.25) is 0 Å². The Balaban J connectivity index is 1.57. The van der Waals surface area contributed by atoms with E-state index in [9.17, 15) is 9.59 Å². The molecule has 5 heteroatoms. The van der Waals surface area contributed by atoms with Gasteiger partial charge in [-0.05, 0) is 54.2 Å². The van der Waals surface area contributed by atoms with Gasteiger partial charge in [0.1, 0.15) is 0 Å². The number of rotatable bonds is 6. The number of carbonyl (C=O) groups is 2. The summed E-state index contributed by atoms with van der Waals surface area (Å²) in [6.45, 7) is 3.06. The SMILES string of the molecule is CNC(=O)[C@]1(Cc2ccccc2-c2ccncc2)CCN(C(=O)Cc2ccc(C)cc2)C1. The second kappa shape index (κ2) is 9.35. The van der Waals surface area contributed by atoms with E-state index in [1.54, 1.807) is 19.4 Å². The summed E-state index contributed by atoms with van der Waals surface area (Å²) in [4.78, 5) is 32.1. The highest BCUT2D eigenvalue weighted by molar-refractivity contribution is 5.86. The van der Waals surface area contributed by atoms with Gasteiger partial charge >= 0.3 is 0 Å². The fraction of sp³-hybridized carbons (Fsp3) is 0.296. The van der Waals surface area contributed by atoms with Gasteiger partial charge in [0.15, 0.2) is 0 Å². The molecule has 1 fully saturated rings. The van der Waals surface area contributed by atoms with Gasteiger partial charge in [0.2, 0.25) is 11.8 Å². The molecular formula is C27H29N3O2. The van der Waals surface area contributed by atoms with Gasteiger partial charge in [-0.25, -0.2) is 0 Å². The van der Waals surface area contributed by atoms with Crippen LogP contribution < -0.4 is 5.32 Å². The van der Waals surface area contributed by atoms with E-state index in [2.05, 4.69) is 22.4 Å². The topological polar surface area (TPSA) is 62.3 Å². The van der Waals surface area contributed by atoms with Gasteiger partial charge in [0.25, 0.3) is 0 Å². The molecule has 1 saturated heterocycles. The van der Waals surface area contributed by atoms with Crippen molar-refractivity contribution in [3.8, 4) is 11.1 Å². The lowest BCUT2D eigenvalue weighted by Gasteiger charge is -2.28. The third-order valence-electron chi connectivity index (χ3n) is 6.43. The molecule has 1 N–H and O–H groups in total. The van der Waals surface area contributed by atoms with Gasteiger partial charge in [-0.15, -0.1) is 0 Å². The molecule has 0 aliphatic carbocycles. The summed E-state index contributed by atoms with van der Waals surface area (Å²) in [7, 11) is 1.68. The molecule has 0 saturated carbocycles. The van der Waals surface area contributed by atoms with Gasteiger partial charge in [0.05, 0.1) is 11.8 Å². The van der Waals surface area contributed by atoms with E-state index < -0.39 is 5.41 Å². The molecule has 0 spiro atoms. The Kier molecular flexibility index (Phi) is 6.35. The number of carbonyl (C=O) groups excluding carboxylic acids is 2. The number of pyridine rings is 1. The van der Waals surface area contributed by atoms with Crippen LogP contribution in [-0.4, -0.2) is 41.8 Å². The Hall–Kier alpha value is -3.47. The van der Waals surface area contributed by atoms with Crippen molar-refractivity contribution in [2.24, 2.45) is 5.41 Å².